The summed E-state index contributed by atoms with van der Waals surface area (Å²) in [7, 11) is 0. The van der Waals surface area contributed by atoms with Crippen LogP contribution in [0.25, 0.3) is 0 Å². The summed E-state index contributed by atoms with van der Waals surface area (Å²) in [6.45, 7) is 4.82. The Hall–Kier alpha value is -1.45. The summed E-state index contributed by atoms with van der Waals surface area (Å²) in [5.74, 6) is -1.26. The standard InChI is InChI=1S/C10H14O4/c1-8(2)10(13)14-9(12)6-4-3-5-7-11/h7H,1,3-6H2,2H3. The Labute approximate surface area is 82.9 Å². The third-order valence-corrected chi connectivity index (χ3v) is 1.51. The van der Waals surface area contributed by atoms with Gasteiger partial charge in [0.05, 0.1) is 0 Å². The van der Waals surface area contributed by atoms with Gasteiger partial charge in [0.15, 0.2) is 0 Å². The van der Waals surface area contributed by atoms with E-state index < -0.39 is 11.9 Å². The molecule has 0 aliphatic heterocycles. The molecular weight excluding hydrogens is 184 g/mol. The van der Waals surface area contributed by atoms with E-state index in [1.165, 1.54) is 6.92 Å². The zero-order valence-electron chi connectivity index (χ0n) is 8.25. The van der Waals surface area contributed by atoms with E-state index in [0.29, 0.717) is 19.3 Å². The topological polar surface area (TPSA) is 60.4 Å². The second-order valence-electron chi connectivity index (χ2n) is 2.95. The molecule has 0 radical (unpaired) electrons. The molecule has 0 heterocycles. The highest BCUT2D eigenvalue weighted by molar-refractivity contribution is 5.95. The Morgan fingerprint density at radius 1 is 1.36 bits per heavy atom. The van der Waals surface area contributed by atoms with Crippen molar-refractivity contribution in [2.45, 2.75) is 32.6 Å². The average molecular weight is 198 g/mol. The fraction of sp³-hybridized carbons (Fsp3) is 0.500. The lowest BCUT2D eigenvalue weighted by molar-refractivity contribution is -0.157. The first-order valence-corrected chi connectivity index (χ1v) is 4.42. The van der Waals surface area contributed by atoms with Gasteiger partial charge in [-0.3, -0.25) is 4.79 Å². The molecule has 0 rings (SSSR count). The van der Waals surface area contributed by atoms with Crippen LogP contribution in [0, 0.1) is 0 Å². The molecule has 14 heavy (non-hydrogen) atoms. The van der Waals surface area contributed by atoms with Gasteiger partial charge < -0.3 is 9.53 Å². The fourth-order valence-corrected chi connectivity index (χ4v) is 0.739. The van der Waals surface area contributed by atoms with E-state index in [1.807, 2.05) is 0 Å². The van der Waals surface area contributed by atoms with Crippen LogP contribution in [0.4, 0.5) is 0 Å². The normalized spacial score (nSPS) is 9.21. The molecule has 0 amide bonds. The van der Waals surface area contributed by atoms with Crippen LogP contribution in [-0.4, -0.2) is 18.2 Å². The quantitative estimate of drug-likeness (QED) is 0.213. The Morgan fingerprint density at radius 2 is 2.00 bits per heavy atom. The number of hydrogen-bond donors (Lipinski definition) is 0. The minimum atomic E-state index is -0.689. The molecule has 0 aliphatic carbocycles. The van der Waals surface area contributed by atoms with Crippen molar-refractivity contribution in [2.24, 2.45) is 0 Å². The predicted octanol–water partition coefficient (Wildman–Crippen LogP) is 1.39. The number of carbonyl (C=O) groups is 3. The highest BCUT2D eigenvalue weighted by Gasteiger charge is 2.09. The lowest BCUT2D eigenvalue weighted by Gasteiger charge is -2.00. The van der Waals surface area contributed by atoms with Gasteiger partial charge in [0.1, 0.15) is 6.29 Å². The van der Waals surface area contributed by atoms with Gasteiger partial charge in [-0.05, 0) is 19.8 Å². The van der Waals surface area contributed by atoms with Crippen LogP contribution in [-0.2, 0) is 19.1 Å². The van der Waals surface area contributed by atoms with Gasteiger partial charge in [-0.2, -0.15) is 0 Å². The van der Waals surface area contributed by atoms with Crippen molar-refractivity contribution in [2.75, 3.05) is 0 Å². The Morgan fingerprint density at radius 3 is 2.50 bits per heavy atom. The molecule has 0 atom stereocenters. The van der Waals surface area contributed by atoms with Crippen molar-refractivity contribution in [3.8, 4) is 0 Å². The molecule has 0 fully saturated rings. The summed E-state index contributed by atoms with van der Waals surface area (Å²) in [4.78, 5) is 31.7. The third kappa shape index (κ3) is 6.11. The summed E-state index contributed by atoms with van der Waals surface area (Å²) >= 11 is 0. The van der Waals surface area contributed by atoms with Crippen LogP contribution in [0.15, 0.2) is 12.2 Å². The summed E-state index contributed by atoms with van der Waals surface area (Å²) in [5, 5.41) is 0. The number of aldehydes is 1. The molecule has 4 heteroatoms. The Kier molecular flexibility index (Phi) is 6.28. The summed E-state index contributed by atoms with van der Waals surface area (Å²) in [6.07, 6.45) is 2.58. The van der Waals surface area contributed by atoms with Crippen molar-refractivity contribution in [1.29, 1.82) is 0 Å². The van der Waals surface area contributed by atoms with E-state index in [1.54, 1.807) is 0 Å². The number of esters is 2. The van der Waals surface area contributed by atoms with Gasteiger partial charge in [-0.25, -0.2) is 4.79 Å². The number of rotatable bonds is 6. The first kappa shape index (κ1) is 12.6. The maximum atomic E-state index is 10.9. The molecular formula is C10H14O4. The first-order chi connectivity index (χ1) is 6.57. The lowest BCUT2D eigenvalue weighted by Crippen LogP contribution is -2.12. The van der Waals surface area contributed by atoms with Gasteiger partial charge >= 0.3 is 11.9 Å². The Bertz CT molecular complexity index is 243. The maximum absolute atomic E-state index is 10.9. The largest absolute Gasteiger partial charge is 0.390 e. The van der Waals surface area contributed by atoms with E-state index in [-0.39, 0.29) is 12.0 Å². The van der Waals surface area contributed by atoms with E-state index in [0.717, 1.165) is 6.29 Å². The third-order valence-electron chi connectivity index (χ3n) is 1.51. The number of carbonyl (C=O) groups excluding carboxylic acids is 3. The van der Waals surface area contributed by atoms with E-state index >= 15 is 0 Å². The predicted molar refractivity (Wildman–Crippen MR) is 50.4 cm³/mol. The van der Waals surface area contributed by atoms with Crippen LogP contribution in [0.5, 0.6) is 0 Å². The molecule has 0 aromatic carbocycles. The molecule has 0 spiro atoms. The summed E-state index contributed by atoms with van der Waals surface area (Å²) < 4.78 is 4.43. The van der Waals surface area contributed by atoms with Crippen molar-refractivity contribution >= 4 is 18.2 Å². The summed E-state index contributed by atoms with van der Waals surface area (Å²) in [6, 6.07) is 0. The van der Waals surface area contributed by atoms with Crippen molar-refractivity contribution < 1.29 is 19.1 Å². The zero-order chi connectivity index (χ0) is 11.0. The van der Waals surface area contributed by atoms with Gasteiger partial charge in [-0.1, -0.05) is 6.58 Å². The molecule has 78 valence electrons. The second kappa shape index (κ2) is 7.00. The van der Waals surface area contributed by atoms with E-state index in [9.17, 15) is 14.4 Å². The van der Waals surface area contributed by atoms with Crippen LogP contribution in [0.2, 0.25) is 0 Å². The molecule has 0 aromatic heterocycles. The SMILES string of the molecule is C=C(C)C(=O)OC(=O)CCCCC=O. The molecule has 0 unspecified atom stereocenters. The molecule has 0 aromatic rings. The molecule has 0 bridgehead atoms. The molecule has 0 saturated heterocycles. The Balaban J connectivity index is 3.60. The van der Waals surface area contributed by atoms with Gasteiger partial charge in [0.2, 0.25) is 0 Å². The number of ether oxygens (including phenoxy) is 1. The minimum Gasteiger partial charge on any atom is -0.390 e. The van der Waals surface area contributed by atoms with Crippen LogP contribution in [0.1, 0.15) is 32.6 Å². The summed E-state index contributed by atoms with van der Waals surface area (Å²) in [5.41, 5.74) is 0.200. The second-order valence-corrected chi connectivity index (χ2v) is 2.95. The van der Waals surface area contributed by atoms with Gasteiger partial charge in [0, 0.05) is 18.4 Å². The molecule has 0 saturated carbocycles. The molecule has 0 aliphatic rings. The fourth-order valence-electron chi connectivity index (χ4n) is 0.739. The van der Waals surface area contributed by atoms with Crippen molar-refractivity contribution in [3.63, 3.8) is 0 Å². The van der Waals surface area contributed by atoms with Gasteiger partial charge in [-0.15, -0.1) is 0 Å². The lowest BCUT2D eigenvalue weighted by atomic mass is 10.2. The number of hydrogen-bond acceptors (Lipinski definition) is 4. The average Bonchev–Trinajstić information content (AvgIpc) is 2.12. The van der Waals surface area contributed by atoms with Crippen molar-refractivity contribution in [3.05, 3.63) is 12.2 Å². The molecule has 0 N–H and O–H groups in total. The van der Waals surface area contributed by atoms with Crippen LogP contribution >= 0.6 is 0 Å². The van der Waals surface area contributed by atoms with Crippen LogP contribution in [0.3, 0.4) is 0 Å². The van der Waals surface area contributed by atoms with Gasteiger partial charge in [0.25, 0.3) is 0 Å². The zero-order valence-corrected chi connectivity index (χ0v) is 8.25. The highest BCUT2D eigenvalue weighted by Crippen LogP contribution is 2.01. The van der Waals surface area contributed by atoms with Crippen molar-refractivity contribution in [1.82, 2.24) is 0 Å². The van der Waals surface area contributed by atoms with E-state index in [4.69, 9.17) is 0 Å². The monoisotopic (exact) mass is 198 g/mol. The van der Waals surface area contributed by atoms with Crippen LogP contribution < -0.4 is 0 Å². The number of unbranched alkanes of at least 4 members (excludes halogenated alkanes) is 2. The first-order valence-electron chi connectivity index (χ1n) is 4.42. The smallest absolute Gasteiger partial charge is 0.340 e. The minimum absolute atomic E-state index is 0.160. The maximum Gasteiger partial charge on any atom is 0.340 e. The molecule has 4 nitrogen and oxygen atoms in total. The van der Waals surface area contributed by atoms with E-state index in [2.05, 4.69) is 11.3 Å². The highest BCUT2D eigenvalue weighted by atomic mass is 16.6.